The van der Waals surface area contributed by atoms with Crippen LogP contribution in [-0.2, 0) is 9.53 Å². The van der Waals surface area contributed by atoms with Crippen molar-refractivity contribution in [3.63, 3.8) is 0 Å². The van der Waals surface area contributed by atoms with Crippen LogP contribution in [0, 0.1) is 0 Å². The van der Waals surface area contributed by atoms with Crippen molar-refractivity contribution >= 4 is 22.6 Å². The third-order valence-electron chi connectivity index (χ3n) is 3.69. The van der Waals surface area contributed by atoms with Crippen molar-refractivity contribution in [3.05, 3.63) is 48.0 Å². The molecule has 0 bridgehead atoms. The van der Waals surface area contributed by atoms with E-state index >= 15 is 0 Å². The summed E-state index contributed by atoms with van der Waals surface area (Å²) in [5.41, 5.74) is 0.135. The van der Waals surface area contributed by atoms with Crippen LogP contribution in [0.15, 0.2) is 47.5 Å². The van der Waals surface area contributed by atoms with Gasteiger partial charge in [0.05, 0.1) is 0 Å². The van der Waals surface area contributed by atoms with Gasteiger partial charge in [0.1, 0.15) is 0 Å². The summed E-state index contributed by atoms with van der Waals surface area (Å²) in [4.78, 5) is 16.4. The predicted molar refractivity (Wildman–Crippen MR) is 75.3 cm³/mol. The van der Waals surface area contributed by atoms with E-state index < -0.39 is 5.54 Å². The van der Waals surface area contributed by atoms with E-state index in [1.165, 1.54) is 0 Å². The number of nitrogens with zero attached hydrogens (tertiary/aromatic N) is 1. The molecule has 1 atom stereocenters. The Morgan fingerprint density at radius 3 is 2.63 bits per heavy atom. The lowest BCUT2D eigenvalue weighted by Crippen LogP contribution is -2.28. The lowest BCUT2D eigenvalue weighted by molar-refractivity contribution is -0.138. The molecular formula is C16H15NO2. The van der Waals surface area contributed by atoms with Crippen LogP contribution in [-0.4, -0.2) is 17.4 Å². The molecular weight excluding hydrogens is 238 g/mol. The fourth-order valence-corrected chi connectivity index (χ4v) is 2.24. The summed E-state index contributed by atoms with van der Waals surface area (Å²) >= 11 is 0. The molecule has 1 unspecified atom stereocenters. The summed E-state index contributed by atoms with van der Waals surface area (Å²) in [7, 11) is 0. The first-order valence-corrected chi connectivity index (χ1v) is 6.44. The quantitative estimate of drug-likeness (QED) is 0.770. The fraction of sp³-hybridized carbons (Fsp3) is 0.250. The average Bonchev–Trinajstić information content (AvgIpc) is 2.75. The summed E-state index contributed by atoms with van der Waals surface area (Å²) in [6.07, 6.45) is 0.639. The van der Waals surface area contributed by atoms with Crippen molar-refractivity contribution in [1.29, 1.82) is 0 Å². The van der Waals surface area contributed by atoms with Gasteiger partial charge in [-0.3, -0.25) is 0 Å². The van der Waals surface area contributed by atoms with Crippen molar-refractivity contribution in [2.45, 2.75) is 25.8 Å². The highest BCUT2D eigenvalue weighted by atomic mass is 16.6. The molecule has 3 nitrogen and oxygen atoms in total. The second-order valence-electron chi connectivity index (χ2n) is 4.96. The largest absolute Gasteiger partial charge is 0.405 e. The number of aliphatic imine (C=N–C) groups is 1. The van der Waals surface area contributed by atoms with E-state index in [4.69, 9.17) is 4.74 Å². The Kier molecular flexibility index (Phi) is 2.63. The van der Waals surface area contributed by atoms with Crippen LogP contribution in [0.2, 0.25) is 0 Å². The first-order valence-electron chi connectivity index (χ1n) is 6.44. The Morgan fingerprint density at radius 1 is 1.16 bits per heavy atom. The van der Waals surface area contributed by atoms with E-state index in [1.807, 2.05) is 56.3 Å². The monoisotopic (exact) mass is 253 g/mol. The Balaban J connectivity index is 2.17. The van der Waals surface area contributed by atoms with Gasteiger partial charge in [0.2, 0.25) is 5.90 Å². The summed E-state index contributed by atoms with van der Waals surface area (Å²) in [6, 6.07) is 13.9. The van der Waals surface area contributed by atoms with E-state index in [-0.39, 0.29) is 5.97 Å². The predicted octanol–water partition coefficient (Wildman–Crippen LogP) is 3.31. The first-order chi connectivity index (χ1) is 9.14. The highest BCUT2D eigenvalue weighted by molar-refractivity contribution is 6.14. The third-order valence-corrected chi connectivity index (χ3v) is 3.69. The number of hydrogen-bond donors (Lipinski definition) is 0. The molecule has 1 aliphatic rings. The highest BCUT2D eigenvalue weighted by Crippen LogP contribution is 2.28. The van der Waals surface area contributed by atoms with Crippen LogP contribution in [0.3, 0.4) is 0 Å². The van der Waals surface area contributed by atoms with Crippen molar-refractivity contribution in [2.75, 3.05) is 0 Å². The van der Waals surface area contributed by atoms with Crippen molar-refractivity contribution in [2.24, 2.45) is 4.99 Å². The van der Waals surface area contributed by atoms with Gasteiger partial charge in [0, 0.05) is 5.56 Å². The zero-order valence-corrected chi connectivity index (χ0v) is 11.0. The molecule has 0 N–H and O–H groups in total. The van der Waals surface area contributed by atoms with E-state index in [0.29, 0.717) is 12.3 Å². The Morgan fingerprint density at radius 2 is 1.89 bits per heavy atom. The molecule has 0 fully saturated rings. The maximum absolute atomic E-state index is 11.9. The molecule has 0 aliphatic carbocycles. The SMILES string of the molecule is CCC1(C)N=C(c2cccc3ccccc23)OC1=O. The Labute approximate surface area is 111 Å². The van der Waals surface area contributed by atoms with Crippen LogP contribution >= 0.6 is 0 Å². The van der Waals surface area contributed by atoms with Gasteiger partial charge in [0.25, 0.3) is 0 Å². The molecule has 1 aliphatic heterocycles. The van der Waals surface area contributed by atoms with Crippen LogP contribution in [0.25, 0.3) is 10.8 Å². The minimum atomic E-state index is -0.744. The number of cyclic esters (lactones) is 1. The van der Waals surface area contributed by atoms with E-state index in [9.17, 15) is 4.79 Å². The summed E-state index contributed by atoms with van der Waals surface area (Å²) in [5, 5.41) is 2.17. The number of ether oxygens (including phenoxy) is 1. The van der Waals surface area contributed by atoms with E-state index in [0.717, 1.165) is 16.3 Å². The molecule has 0 saturated carbocycles. The molecule has 0 radical (unpaired) electrons. The van der Waals surface area contributed by atoms with Crippen LogP contribution < -0.4 is 0 Å². The normalized spacial score (nSPS) is 22.4. The van der Waals surface area contributed by atoms with Crippen molar-refractivity contribution in [3.8, 4) is 0 Å². The molecule has 3 heteroatoms. The fourth-order valence-electron chi connectivity index (χ4n) is 2.24. The number of benzene rings is 2. The number of rotatable bonds is 2. The first kappa shape index (κ1) is 11.9. The molecule has 0 saturated heterocycles. The standard InChI is InChI=1S/C16H15NO2/c1-3-16(2)15(18)19-14(17-16)13-10-6-8-11-7-4-5-9-12(11)13/h4-10H,3H2,1-2H3. The van der Waals surface area contributed by atoms with Crippen LogP contribution in [0.4, 0.5) is 0 Å². The van der Waals surface area contributed by atoms with Crippen LogP contribution in [0.1, 0.15) is 25.8 Å². The summed E-state index contributed by atoms with van der Waals surface area (Å²) in [6.45, 7) is 3.75. The number of esters is 1. The van der Waals surface area contributed by atoms with Gasteiger partial charge in [-0.15, -0.1) is 0 Å². The molecule has 19 heavy (non-hydrogen) atoms. The van der Waals surface area contributed by atoms with Gasteiger partial charge in [-0.05, 0) is 30.2 Å². The number of hydrogen-bond acceptors (Lipinski definition) is 3. The van der Waals surface area contributed by atoms with Crippen LogP contribution in [0.5, 0.6) is 0 Å². The second-order valence-corrected chi connectivity index (χ2v) is 4.96. The molecule has 1 heterocycles. The Bertz CT molecular complexity index is 685. The maximum atomic E-state index is 11.9. The van der Waals surface area contributed by atoms with Gasteiger partial charge < -0.3 is 4.74 Å². The number of fused-ring (bicyclic) bond motifs is 1. The second kappa shape index (κ2) is 4.19. The minimum absolute atomic E-state index is 0.266. The van der Waals surface area contributed by atoms with E-state index in [2.05, 4.69) is 4.99 Å². The highest BCUT2D eigenvalue weighted by Gasteiger charge is 2.40. The number of carbonyl (C=O) groups excluding carboxylic acids is 1. The summed E-state index contributed by atoms with van der Waals surface area (Å²) in [5.74, 6) is 0.170. The smallest absolute Gasteiger partial charge is 0.340 e. The maximum Gasteiger partial charge on any atom is 0.340 e. The van der Waals surface area contributed by atoms with Gasteiger partial charge in [-0.25, -0.2) is 9.79 Å². The molecule has 3 rings (SSSR count). The molecule has 0 spiro atoms. The van der Waals surface area contributed by atoms with Gasteiger partial charge in [0.15, 0.2) is 5.54 Å². The van der Waals surface area contributed by atoms with Crippen molar-refractivity contribution in [1.82, 2.24) is 0 Å². The lowest BCUT2D eigenvalue weighted by atomic mass is 10.0. The molecule has 2 aromatic carbocycles. The van der Waals surface area contributed by atoms with Gasteiger partial charge in [-0.1, -0.05) is 43.3 Å². The third kappa shape index (κ3) is 1.82. The molecule has 0 aromatic heterocycles. The molecule has 0 amide bonds. The van der Waals surface area contributed by atoms with Gasteiger partial charge >= 0.3 is 5.97 Å². The molecule has 96 valence electrons. The minimum Gasteiger partial charge on any atom is -0.405 e. The average molecular weight is 253 g/mol. The Hall–Kier alpha value is -2.16. The zero-order chi connectivity index (χ0) is 13.5. The van der Waals surface area contributed by atoms with E-state index in [1.54, 1.807) is 0 Å². The lowest BCUT2D eigenvalue weighted by Gasteiger charge is -2.11. The summed E-state index contributed by atoms with van der Waals surface area (Å²) < 4.78 is 5.37. The zero-order valence-electron chi connectivity index (χ0n) is 11.0. The number of carbonyl (C=O) groups is 1. The molecule has 2 aromatic rings. The topological polar surface area (TPSA) is 38.7 Å². The van der Waals surface area contributed by atoms with Gasteiger partial charge in [-0.2, -0.15) is 0 Å². The van der Waals surface area contributed by atoms with Crippen molar-refractivity contribution < 1.29 is 9.53 Å².